The molecule has 110 valence electrons. The third-order valence-corrected chi connectivity index (χ3v) is 4.79. The molecular formula is C16H16Br2N2O. The molecule has 1 heterocycles. The number of nitrogens with one attached hydrogen (secondary N) is 1. The molecule has 1 aliphatic heterocycles. The smallest absolute Gasteiger partial charge is 0.118 e. The Balaban J connectivity index is 1.94. The van der Waals surface area contributed by atoms with Crippen molar-refractivity contribution in [2.75, 3.05) is 19.5 Å². The Morgan fingerprint density at radius 2 is 1.90 bits per heavy atom. The monoisotopic (exact) mass is 410 g/mol. The first-order valence-electron chi connectivity index (χ1n) is 6.67. The van der Waals surface area contributed by atoms with Crippen molar-refractivity contribution in [2.45, 2.75) is 12.7 Å². The first-order valence-corrected chi connectivity index (χ1v) is 8.25. The summed E-state index contributed by atoms with van der Waals surface area (Å²) in [5, 5.41) is 3.61. The summed E-state index contributed by atoms with van der Waals surface area (Å²) >= 11 is 7.19. The lowest BCUT2D eigenvalue weighted by atomic mass is 10.0. The van der Waals surface area contributed by atoms with E-state index in [1.807, 2.05) is 12.1 Å². The highest BCUT2D eigenvalue weighted by Gasteiger charge is 2.25. The molecule has 0 amide bonds. The molecule has 3 nitrogen and oxygen atoms in total. The van der Waals surface area contributed by atoms with Gasteiger partial charge < -0.3 is 10.1 Å². The van der Waals surface area contributed by atoms with Crippen LogP contribution in [0, 0.1) is 0 Å². The van der Waals surface area contributed by atoms with Crippen molar-refractivity contribution in [2.24, 2.45) is 0 Å². The van der Waals surface area contributed by atoms with Gasteiger partial charge >= 0.3 is 0 Å². The highest BCUT2D eigenvalue weighted by atomic mass is 79.9. The Bertz CT molecular complexity index is 658. The van der Waals surface area contributed by atoms with Crippen molar-refractivity contribution in [3.05, 3.63) is 56.5 Å². The minimum atomic E-state index is 0.154. The Kier molecular flexibility index (Phi) is 4.24. The van der Waals surface area contributed by atoms with Crippen LogP contribution in [0.1, 0.15) is 17.3 Å². The summed E-state index contributed by atoms with van der Waals surface area (Å²) in [5.74, 6) is 0.878. The molecule has 0 saturated heterocycles. The van der Waals surface area contributed by atoms with Crippen LogP contribution in [-0.4, -0.2) is 19.1 Å². The summed E-state index contributed by atoms with van der Waals surface area (Å²) in [7, 11) is 3.81. The number of benzene rings is 2. The molecule has 1 aliphatic rings. The van der Waals surface area contributed by atoms with Crippen LogP contribution < -0.4 is 10.1 Å². The number of nitrogens with zero attached hydrogens (tertiary/aromatic N) is 1. The van der Waals surface area contributed by atoms with Gasteiger partial charge in [-0.2, -0.15) is 0 Å². The topological polar surface area (TPSA) is 24.5 Å². The van der Waals surface area contributed by atoms with Crippen LogP contribution in [0.3, 0.4) is 0 Å². The van der Waals surface area contributed by atoms with Crippen LogP contribution in [0.5, 0.6) is 5.75 Å². The number of hydrogen-bond donors (Lipinski definition) is 1. The van der Waals surface area contributed by atoms with Crippen molar-refractivity contribution in [3.63, 3.8) is 0 Å². The highest BCUT2D eigenvalue weighted by Crippen LogP contribution is 2.38. The Labute approximate surface area is 141 Å². The van der Waals surface area contributed by atoms with Gasteiger partial charge in [0.05, 0.1) is 12.8 Å². The van der Waals surface area contributed by atoms with Gasteiger partial charge in [0.1, 0.15) is 11.9 Å². The fraction of sp³-hybridized carbons (Fsp3) is 0.250. The van der Waals surface area contributed by atoms with Gasteiger partial charge in [0, 0.05) is 15.5 Å². The van der Waals surface area contributed by atoms with Gasteiger partial charge in [0.2, 0.25) is 0 Å². The standard InChI is InChI=1S/C16H16Br2N2O/c1-20-9-11-7-12(17)8-14(18)15(11)19-16(20)10-3-5-13(21-2)6-4-10/h3-8,16,19H,9H2,1-2H3. The zero-order chi connectivity index (χ0) is 15.0. The van der Waals surface area contributed by atoms with E-state index in [2.05, 4.69) is 73.4 Å². The van der Waals surface area contributed by atoms with E-state index in [4.69, 9.17) is 4.74 Å². The van der Waals surface area contributed by atoms with Gasteiger partial charge in [-0.25, -0.2) is 0 Å². The summed E-state index contributed by atoms with van der Waals surface area (Å²) in [6, 6.07) is 12.4. The maximum absolute atomic E-state index is 5.23. The molecule has 0 saturated carbocycles. The maximum Gasteiger partial charge on any atom is 0.118 e. The maximum atomic E-state index is 5.23. The molecule has 0 aromatic heterocycles. The predicted octanol–water partition coefficient (Wildman–Crippen LogP) is 4.78. The number of rotatable bonds is 2. The van der Waals surface area contributed by atoms with E-state index in [0.717, 1.165) is 26.9 Å². The summed E-state index contributed by atoms with van der Waals surface area (Å²) in [4.78, 5) is 2.29. The van der Waals surface area contributed by atoms with Crippen LogP contribution in [0.2, 0.25) is 0 Å². The second kappa shape index (κ2) is 5.99. The third kappa shape index (κ3) is 2.96. The fourth-order valence-corrected chi connectivity index (χ4v) is 4.07. The minimum Gasteiger partial charge on any atom is -0.497 e. The second-order valence-electron chi connectivity index (χ2n) is 5.16. The molecule has 3 rings (SSSR count). The van der Waals surface area contributed by atoms with Gasteiger partial charge in [-0.15, -0.1) is 0 Å². The molecule has 0 radical (unpaired) electrons. The second-order valence-corrected chi connectivity index (χ2v) is 6.93. The third-order valence-electron chi connectivity index (χ3n) is 3.71. The van der Waals surface area contributed by atoms with Gasteiger partial charge in [0.15, 0.2) is 0 Å². The van der Waals surface area contributed by atoms with Crippen LogP contribution in [0.4, 0.5) is 5.69 Å². The first kappa shape index (κ1) is 14.9. The molecule has 0 spiro atoms. The zero-order valence-electron chi connectivity index (χ0n) is 11.9. The van der Waals surface area contributed by atoms with E-state index in [1.165, 1.54) is 11.1 Å². The molecule has 1 N–H and O–H groups in total. The SMILES string of the molecule is COc1ccc(C2Nc3c(Br)cc(Br)cc3CN2C)cc1. The van der Waals surface area contributed by atoms with Crippen LogP contribution in [0.15, 0.2) is 45.3 Å². The average molecular weight is 412 g/mol. The molecular weight excluding hydrogens is 396 g/mol. The molecule has 2 aromatic rings. The van der Waals surface area contributed by atoms with E-state index >= 15 is 0 Å². The lowest BCUT2D eigenvalue weighted by molar-refractivity contribution is 0.249. The van der Waals surface area contributed by atoms with Crippen molar-refractivity contribution in [1.29, 1.82) is 0 Å². The Hall–Kier alpha value is -1.04. The van der Waals surface area contributed by atoms with Gasteiger partial charge in [0.25, 0.3) is 0 Å². The molecule has 5 heteroatoms. The Morgan fingerprint density at radius 1 is 1.19 bits per heavy atom. The van der Waals surface area contributed by atoms with E-state index in [9.17, 15) is 0 Å². The fourth-order valence-electron chi connectivity index (χ4n) is 2.64. The van der Waals surface area contributed by atoms with Crippen LogP contribution >= 0.6 is 31.9 Å². The predicted molar refractivity (Wildman–Crippen MR) is 92.7 cm³/mol. The molecule has 1 unspecified atom stereocenters. The minimum absolute atomic E-state index is 0.154. The Morgan fingerprint density at radius 3 is 2.57 bits per heavy atom. The summed E-state index contributed by atoms with van der Waals surface area (Å²) in [5.41, 5.74) is 3.67. The normalized spacial score (nSPS) is 18.0. The van der Waals surface area contributed by atoms with Gasteiger partial charge in [-0.1, -0.05) is 28.1 Å². The summed E-state index contributed by atoms with van der Waals surface area (Å²) in [6.07, 6.45) is 0.154. The van der Waals surface area contributed by atoms with Gasteiger partial charge in [-0.05, 0) is 58.4 Å². The van der Waals surface area contributed by atoms with Crippen molar-refractivity contribution >= 4 is 37.5 Å². The molecule has 0 bridgehead atoms. The lowest BCUT2D eigenvalue weighted by Crippen LogP contribution is -2.34. The van der Waals surface area contributed by atoms with E-state index in [-0.39, 0.29) is 6.17 Å². The molecule has 2 aromatic carbocycles. The number of fused-ring (bicyclic) bond motifs is 1. The summed E-state index contributed by atoms with van der Waals surface area (Å²) in [6.45, 7) is 0.900. The molecule has 0 aliphatic carbocycles. The van der Waals surface area contributed by atoms with Crippen molar-refractivity contribution in [3.8, 4) is 5.75 Å². The average Bonchev–Trinajstić information content (AvgIpc) is 2.46. The van der Waals surface area contributed by atoms with Crippen LogP contribution in [-0.2, 0) is 6.54 Å². The lowest BCUT2D eigenvalue weighted by Gasteiger charge is -2.36. The number of anilines is 1. The van der Waals surface area contributed by atoms with Crippen molar-refractivity contribution in [1.82, 2.24) is 4.90 Å². The van der Waals surface area contributed by atoms with Crippen LogP contribution in [0.25, 0.3) is 0 Å². The van der Waals surface area contributed by atoms with E-state index < -0.39 is 0 Å². The number of hydrogen-bond acceptors (Lipinski definition) is 3. The van der Waals surface area contributed by atoms with Gasteiger partial charge in [-0.3, -0.25) is 4.90 Å². The number of halogens is 2. The summed E-state index contributed by atoms with van der Waals surface area (Å²) < 4.78 is 7.40. The molecule has 1 atom stereocenters. The largest absolute Gasteiger partial charge is 0.497 e. The molecule has 0 fully saturated rings. The molecule has 21 heavy (non-hydrogen) atoms. The van der Waals surface area contributed by atoms with Crippen molar-refractivity contribution < 1.29 is 4.74 Å². The number of ether oxygens (including phenoxy) is 1. The number of methoxy groups -OCH3 is 1. The van der Waals surface area contributed by atoms with E-state index in [0.29, 0.717) is 0 Å². The first-order chi connectivity index (χ1) is 10.1. The van der Waals surface area contributed by atoms with E-state index in [1.54, 1.807) is 7.11 Å². The quantitative estimate of drug-likeness (QED) is 0.769. The zero-order valence-corrected chi connectivity index (χ0v) is 15.0. The highest BCUT2D eigenvalue weighted by molar-refractivity contribution is 9.11.